The van der Waals surface area contributed by atoms with E-state index in [-0.39, 0.29) is 17.4 Å². The second-order valence-electron chi connectivity index (χ2n) is 8.66. The largest absolute Gasteiger partial charge is 0.415 e. The Balaban J connectivity index is 1.42. The van der Waals surface area contributed by atoms with E-state index in [4.69, 9.17) is 4.74 Å². The molecule has 30 heavy (non-hydrogen) atoms. The lowest BCUT2D eigenvalue weighted by molar-refractivity contribution is 0.0949. The maximum Gasteiger partial charge on any atom is 0.415 e. The zero-order chi connectivity index (χ0) is 21.6. The van der Waals surface area contributed by atoms with Crippen molar-refractivity contribution in [1.82, 2.24) is 20.2 Å². The molecular formula is C22H30N4O3S. The van der Waals surface area contributed by atoms with Crippen LogP contribution in [0.4, 0.5) is 4.79 Å². The van der Waals surface area contributed by atoms with Gasteiger partial charge in [0.15, 0.2) is 5.16 Å². The number of carbonyl (C=O) groups excluding carboxylic acids is 2. The summed E-state index contributed by atoms with van der Waals surface area (Å²) < 4.78 is 5.49. The first kappa shape index (κ1) is 22.2. The van der Waals surface area contributed by atoms with E-state index in [0.29, 0.717) is 36.2 Å². The summed E-state index contributed by atoms with van der Waals surface area (Å²) in [6, 6.07) is 6.69. The number of piperidine rings is 1. The number of rotatable bonds is 6. The van der Waals surface area contributed by atoms with Gasteiger partial charge in [0.1, 0.15) is 5.75 Å². The van der Waals surface area contributed by atoms with Gasteiger partial charge < -0.3 is 19.9 Å². The van der Waals surface area contributed by atoms with Crippen molar-refractivity contribution >= 4 is 23.8 Å². The number of hydrogen-bond donors (Lipinski definition) is 2. The molecule has 3 rings (SSSR count). The fraction of sp³-hybridized carbons (Fsp3) is 0.500. The van der Waals surface area contributed by atoms with E-state index in [2.05, 4.69) is 36.1 Å². The summed E-state index contributed by atoms with van der Waals surface area (Å²) >= 11 is 1.72. The lowest BCUT2D eigenvalue weighted by Crippen LogP contribution is -2.40. The van der Waals surface area contributed by atoms with Crippen molar-refractivity contribution in [2.45, 2.75) is 50.4 Å². The first-order chi connectivity index (χ1) is 14.3. The van der Waals surface area contributed by atoms with Gasteiger partial charge in [-0.1, -0.05) is 32.5 Å². The van der Waals surface area contributed by atoms with Crippen molar-refractivity contribution in [1.29, 1.82) is 0 Å². The second-order valence-corrected chi connectivity index (χ2v) is 9.95. The predicted octanol–water partition coefficient (Wildman–Crippen LogP) is 4.33. The lowest BCUT2D eigenvalue weighted by atomic mass is 9.92. The molecule has 2 aromatic rings. The van der Waals surface area contributed by atoms with E-state index in [0.717, 1.165) is 24.4 Å². The third-order valence-corrected chi connectivity index (χ3v) is 6.19. The Kier molecular flexibility index (Phi) is 7.42. The minimum atomic E-state index is -0.348. The number of aromatic amines is 1. The number of likely N-dealkylation sites (tertiary alicyclic amines) is 1. The van der Waals surface area contributed by atoms with E-state index < -0.39 is 0 Å². The van der Waals surface area contributed by atoms with E-state index >= 15 is 0 Å². The van der Waals surface area contributed by atoms with Gasteiger partial charge in [0.25, 0.3) is 5.91 Å². The SMILES string of the molecule is CC(C)(C)CCNC(=O)c1ccc(OC(=O)N2CCC(Sc3ncc[nH]3)CC2)cc1. The quantitative estimate of drug-likeness (QED) is 0.712. The zero-order valence-electron chi connectivity index (χ0n) is 17.8. The van der Waals surface area contributed by atoms with Gasteiger partial charge >= 0.3 is 6.09 Å². The Morgan fingerprint density at radius 3 is 2.53 bits per heavy atom. The lowest BCUT2D eigenvalue weighted by Gasteiger charge is -2.30. The first-order valence-corrected chi connectivity index (χ1v) is 11.2. The van der Waals surface area contributed by atoms with Crippen molar-refractivity contribution < 1.29 is 14.3 Å². The number of carbonyl (C=O) groups is 2. The Hall–Kier alpha value is -2.48. The Bertz CT molecular complexity index is 823. The van der Waals surface area contributed by atoms with Crippen LogP contribution >= 0.6 is 11.8 Å². The summed E-state index contributed by atoms with van der Waals surface area (Å²) in [6.07, 6.45) is 5.91. The maximum atomic E-state index is 12.4. The Labute approximate surface area is 182 Å². The summed E-state index contributed by atoms with van der Waals surface area (Å²) in [6.45, 7) is 8.37. The number of nitrogens with one attached hydrogen (secondary N) is 2. The number of nitrogens with zero attached hydrogens (tertiary/aromatic N) is 2. The van der Waals surface area contributed by atoms with Crippen LogP contribution < -0.4 is 10.1 Å². The minimum absolute atomic E-state index is 0.117. The van der Waals surface area contributed by atoms with Crippen molar-refractivity contribution in [2.24, 2.45) is 5.41 Å². The summed E-state index contributed by atoms with van der Waals surface area (Å²) in [4.78, 5) is 33.7. The molecule has 0 unspecified atom stereocenters. The topological polar surface area (TPSA) is 87.3 Å². The number of amides is 2. The highest BCUT2D eigenvalue weighted by Crippen LogP contribution is 2.28. The monoisotopic (exact) mass is 430 g/mol. The zero-order valence-corrected chi connectivity index (χ0v) is 18.6. The smallest absolute Gasteiger partial charge is 0.410 e. The first-order valence-electron chi connectivity index (χ1n) is 10.3. The molecule has 1 fully saturated rings. The number of ether oxygens (including phenoxy) is 1. The van der Waals surface area contributed by atoms with Crippen LogP contribution in [0, 0.1) is 5.41 Å². The standard InChI is InChI=1S/C22H30N4O3S/c1-22(2,3)10-11-23-19(27)16-4-6-17(7-5-16)29-21(28)26-14-8-18(9-15-26)30-20-24-12-13-25-20/h4-7,12-13,18H,8-11,14-15H2,1-3H3,(H,23,27)(H,24,25). The number of imidazole rings is 1. The highest BCUT2D eigenvalue weighted by molar-refractivity contribution is 7.99. The molecule has 0 spiro atoms. The van der Waals surface area contributed by atoms with Gasteiger partial charge in [0.2, 0.25) is 0 Å². The van der Waals surface area contributed by atoms with Gasteiger partial charge in [-0.15, -0.1) is 0 Å². The number of benzene rings is 1. The van der Waals surface area contributed by atoms with Gasteiger partial charge in [-0.05, 0) is 48.9 Å². The molecule has 0 bridgehead atoms. The van der Waals surface area contributed by atoms with E-state index in [9.17, 15) is 9.59 Å². The van der Waals surface area contributed by atoms with Crippen LogP contribution in [0.3, 0.4) is 0 Å². The highest BCUT2D eigenvalue weighted by Gasteiger charge is 2.25. The summed E-state index contributed by atoms with van der Waals surface area (Å²) in [5.74, 6) is 0.326. The third-order valence-electron chi connectivity index (χ3n) is 4.93. The molecule has 0 radical (unpaired) electrons. The van der Waals surface area contributed by atoms with Crippen molar-refractivity contribution in [3.05, 3.63) is 42.2 Å². The van der Waals surface area contributed by atoms with Gasteiger partial charge in [0, 0.05) is 42.8 Å². The molecule has 0 saturated carbocycles. The van der Waals surface area contributed by atoms with Crippen LogP contribution in [0.15, 0.2) is 41.8 Å². The Morgan fingerprint density at radius 2 is 1.93 bits per heavy atom. The van der Waals surface area contributed by atoms with Crippen molar-refractivity contribution in [3.63, 3.8) is 0 Å². The van der Waals surface area contributed by atoms with Crippen LogP contribution in [-0.2, 0) is 0 Å². The van der Waals surface area contributed by atoms with Crippen LogP contribution in [0.25, 0.3) is 0 Å². The molecule has 0 aliphatic carbocycles. The molecule has 1 saturated heterocycles. The summed E-state index contributed by atoms with van der Waals surface area (Å²) in [5.41, 5.74) is 0.733. The molecule has 1 aliphatic heterocycles. The van der Waals surface area contributed by atoms with Gasteiger partial charge in [-0.25, -0.2) is 9.78 Å². The molecule has 2 N–H and O–H groups in total. The van der Waals surface area contributed by atoms with Crippen LogP contribution in [0.5, 0.6) is 5.75 Å². The molecule has 2 heterocycles. The molecule has 8 heteroatoms. The van der Waals surface area contributed by atoms with Gasteiger partial charge in [-0.3, -0.25) is 4.79 Å². The molecule has 1 aromatic carbocycles. The molecular weight excluding hydrogens is 400 g/mol. The van der Waals surface area contributed by atoms with Crippen molar-refractivity contribution in [3.8, 4) is 5.75 Å². The molecule has 1 aromatic heterocycles. The van der Waals surface area contributed by atoms with Crippen LogP contribution in [0.1, 0.15) is 50.4 Å². The second kappa shape index (κ2) is 10.0. The van der Waals surface area contributed by atoms with Gasteiger partial charge in [-0.2, -0.15) is 0 Å². The molecule has 162 valence electrons. The number of hydrogen-bond acceptors (Lipinski definition) is 5. The maximum absolute atomic E-state index is 12.4. The molecule has 1 aliphatic rings. The number of H-pyrrole nitrogens is 1. The highest BCUT2D eigenvalue weighted by atomic mass is 32.2. The van der Waals surface area contributed by atoms with E-state index in [1.165, 1.54) is 0 Å². The normalized spacial score (nSPS) is 15.1. The number of aromatic nitrogens is 2. The van der Waals surface area contributed by atoms with Crippen LogP contribution in [0.2, 0.25) is 0 Å². The average Bonchev–Trinajstić information content (AvgIpc) is 3.21. The number of thioether (sulfide) groups is 1. The predicted molar refractivity (Wildman–Crippen MR) is 118 cm³/mol. The Morgan fingerprint density at radius 1 is 1.23 bits per heavy atom. The van der Waals surface area contributed by atoms with Crippen molar-refractivity contribution in [2.75, 3.05) is 19.6 Å². The molecule has 7 nitrogen and oxygen atoms in total. The summed E-state index contributed by atoms with van der Waals surface area (Å²) in [7, 11) is 0. The summed E-state index contributed by atoms with van der Waals surface area (Å²) in [5, 5.41) is 4.28. The van der Waals surface area contributed by atoms with E-state index in [1.54, 1.807) is 47.1 Å². The van der Waals surface area contributed by atoms with E-state index in [1.807, 2.05) is 6.20 Å². The minimum Gasteiger partial charge on any atom is -0.410 e. The average molecular weight is 431 g/mol. The fourth-order valence-corrected chi connectivity index (χ4v) is 4.14. The molecule has 2 amide bonds. The fourth-order valence-electron chi connectivity index (χ4n) is 3.12. The van der Waals surface area contributed by atoms with Crippen LogP contribution in [-0.4, -0.2) is 51.8 Å². The molecule has 0 atom stereocenters. The third kappa shape index (κ3) is 6.79. The van der Waals surface area contributed by atoms with Gasteiger partial charge in [0.05, 0.1) is 0 Å².